The third-order valence-corrected chi connectivity index (χ3v) is 2.56. The maximum atomic E-state index is 5.52. The van der Waals surface area contributed by atoms with Crippen molar-refractivity contribution in [2.45, 2.75) is 39.8 Å². The van der Waals surface area contributed by atoms with Gasteiger partial charge in [-0.3, -0.25) is 9.88 Å². The largest absolute Gasteiger partial charge is 0.475 e. The third kappa shape index (κ3) is 4.56. The number of nitrogens with two attached hydrogens (primary N) is 1. The predicted octanol–water partition coefficient (Wildman–Crippen LogP) is 1.56. The number of ether oxygens (including phenoxy) is 1. The summed E-state index contributed by atoms with van der Waals surface area (Å²) in [7, 11) is 0. The molecule has 96 valence electrons. The molecule has 1 heterocycles. The van der Waals surface area contributed by atoms with Crippen molar-refractivity contribution in [1.82, 2.24) is 14.9 Å². The maximum Gasteiger partial charge on any atom is 0.234 e. The highest BCUT2D eigenvalue weighted by Crippen LogP contribution is 2.08. The molecule has 0 unspecified atom stereocenters. The Balaban J connectivity index is 2.41. The van der Waals surface area contributed by atoms with Crippen molar-refractivity contribution in [2.75, 3.05) is 18.9 Å². The SMILES string of the molecule is CC(C)N(CCOc1cncc(N)n1)C(C)C. The van der Waals surface area contributed by atoms with Crippen LogP contribution in [-0.2, 0) is 0 Å². The van der Waals surface area contributed by atoms with Gasteiger partial charge in [0.15, 0.2) is 0 Å². The van der Waals surface area contributed by atoms with Crippen LogP contribution < -0.4 is 10.5 Å². The highest BCUT2D eigenvalue weighted by atomic mass is 16.5. The Hall–Kier alpha value is -1.36. The Labute approximate surface area is 103 Å². The number of nitrogen functional groups attached to an aromatic ring is 1. The normalized spacial score (nSPS) is 11.5. The first-order chi connectivity index (χ1) is 8.00. The molecule has 0 spiro atoms. The molecule has 0 saturated carbocycles. The number of nitrogens with zero attached hydrogens (tertiary/aromatic N) is 3. The zero-order valence-electron chi connectivity index (χ0n) is 11.1. The quantitative estimate of drug-likeness (QED) is 0.814. The lowest BCUT2D eigenvalue weighted by atomic mass is 10.2. The Morgan fingerprint density at radius 2 is 1.88 bits per heavy atom. The van der Waals surface area contributed by atoms with E-state index in [2.05, 4.69) is 42.6 Å². The Morgan fingerprint density at radius 1 is 1.24 bits per heavy atom. The van der Waals surface area contributed by atoms with E-state index in [1.165, 1.54) is 6.20 Å². The molecule has 0 atom stereocenters. The fourth-order valence-electron chi connectivity index (χ4n) is 1.80. The lowest BCUT2D eigenvalue weighted by molar-refractivity contribution is 0.140. The molecule has 5 heteroatoms. The molecule has 0 radical (unpaired) electrons. The van der Waals surface area contributed by atoms with Crippen molar-refractivity contribution >= 4 is 5.82 Å². The molecule has 0 aliphatic heterocycles. The summed E-state index contributed by atoms with van der Waals surface area (Å²) in [4.78, 5) is 10.3. The van der Waals surface area contributed by atoms with Gasteiger partial charge in [-0.1, -0.05) is 0 Å². The van der Waals surface area contributed by atoms with Crippen molar-refractivity contribution in [1.29, 1.82) is 0 Å². The van der Waals surface area contributed by atoms with Crippen LogP contribution in [0.4, 0.5) is 5.82 Å². The van der Waals surface area contributed by atoms with Gasteiger partial charge in [-0.2, -0.15) is 4.98 Å². The van der Waals surface area contributed by atoms with Gasteiger partial charge in [0.2, 0.25) is 5.88 Å². The van der Waals surface area contributed by atoms with Crippen LogP contribution in [0.15, 0.2) is 12.4 Å². The van der Waals surface area contributed by atoms with Gasteiger partial charge >= 0.3 is 0 Å². The van der Waals surface area contributed by atoms with Gasteiger partial charge in [0, 0.05) is 18.6 Å². The topological polar surface area (TPSA) is 64.3 Å². The molecule has 0 aliphatic rings. The van der Waals surface area contributed by atoms with E-state index in [0.29, 0.717) is 30.4 Å². The predicted molar refractivity (Wildman–Crippen MR) is 68.9 cm³/mol. The molecule has 0 bridgehead atoms. The first-order valence-corrected chi connectivity index (χ1v) is 5.96. The highest BCUT2D eigenvalue weighted by Gasteiger charge is 2.12. The first kappa shape index (κ1) is 13.7. The third-order valence-electron chi connectivity index (χ3n) is 2.56. The molecule has 17 heavy (non-hydrogen) atoms. The van der Waals surface area contributed by atoms with Gasteiger partial charge in [-0.15, -0.1) is 0 Å². The van der Waals surface area contributed by atoms with Crippen molar-refractivity contribution in [3.8, 4) is 5.88 Å². The van der Waals surface area contributed by atoms with Crippen LogP contribution in [0.25, 0.3) is 0 Å². The summed E-state index contributed by atoms with van der Waals surface area (Å²) in [6.45, 7) is 10.2. The van der Waals surface area contributed by atoms with Crippen molar-refractivity contribution in [3.05, 3.63) is 12.4 Å². The zero-order chi connectivity index (χ0) is 12.8. The van der Waals surface area contributed by atoms with E-state index < -0.39 is 0 Å². The molecule has 0 aliphatic carbocycles. The number of hydrogen-bond donors (Lipinski definition) is 1. The minimum Gasteiger partial charge on any atom is -0.475 e. The summed E-state index contributed by atoms with van der Waals surface area (Å²) in [6, 6.07) is 1.01. The van der Waals surface area contributed by atoms with Gasteiger partial charge in [-0.05, 0) is 27.7 Å². The number of hydrogen-bond acceptors (Lipinski definition) is 5. The second-order valence-electron chi connectivity index (χ2n) is 4.56. The average Bonchev–Trinajstić information content (AvgIpc) is 2.23. The van der Waals surface area contributed by atoms with Gasteiger partial charge in [-0.25, -0.2) is 0 Å². The zero-order valence-corrected chi connectivity index (χ0v) is 11.1. The van der Waals surface area contributed by atoms with E-state index in [4.69, 9.17) is 10.5 Å². The van der Waals surface area contributed by atoms with Gasteiger partial charge < -0.3 is 10.5 Å². The molecule has 0 fully saturated rings. The van der Waals surface area contributed by atoms with E-state index in [1.807, 2.05) is 0 Å². The Bertz CT molecular complexity index is 333. The van der Waals surface area contributed by atoms with Crippen LogP contribution >= 0.6 is 0 Å². The van der Waals surface area contributed by atoms with E-state index in [1.54, 1.807) is 6.20 Å². The molecule has 1 aromatic rings. The highest BCUT2D eigenvalue weighted by molar-refractivity contribution is 5.25. The number of anilines is 1. The van der Waals surface area contributed by atoms with E-state index in [-0.39, 0.29) is 0 Å². The number of rotatable bonds is 6. The van der Waals surface area contributed by atoms with Crippen LogP contribution in [-0.4, -0.2) is 40.1 Å². The summed E-state index contributed by atoms with van der Waals surface area (Å²) in [5.41, 5.74) is 5.52. The summed E-state index contributed by atoms with van der Waals surface area (Å²) < 4.78 is 5.52. The number of aromatic nitrogens is 2. The standard InChI is InChI=1S/C12H22N4O/c1-9(2)16(10(3)4)5-6-17-12-8-14-7-11(13)15-12/h7-10H,5-6H2,1-4H3,(H2,13,15). The summed E-state index contributed by atoms with van der Waals surface area (Å²) in [5.74, 6) is 0.865. The monoisotopic (exact) mass is 238 g/mol. The van der Waals surface area contributed by atoms with Crippen LogP contribution in [0.5, 0.6) is 5.88 Å². The second-order valence-corrected chi connectivity index (χ2v) is 4.56. The minimum atomic E-state index is 0.382. The molecule has 0 aromatic carbocycles. The van der Waals surface area contributed by atoms with Gasteiger partial charge in [0.25, 0.3) is 0 Å². The molecule has 1 rings (SSSR count). The van der Waals surface area contributed by atoms with Gasteiger partial charge in [0.1, 0.15) is 12.4 Å². The fraction of sp³-hybridized carbons (Fsp3) is 0.667. The van der Waals surface area contributed by atoms with Crippen LogP contribution in [0.2, 0.25) is 0 Å². The van der Waals surface area contributed by atoms with E-state index in [0.717, 1.165) is 6.54 Å². The molecule has 1 aromatic heterocycles. The van der Waals surface area contributed by atoms with Crippen LogP contribution in [0.3, 0.4) is 0 Å². The van der Waals surface area contributed by atoms with E-state index >= 15 is 0 Å². The van der Waals surface area contributed by atoms with Gasteiger partial charge in [0.05, 0.1) is 12.4 Å². The Kier molecular flexibility index (Phi) is 5.15. The summed E-state index contributed by atoms with van der Waals surface area (Å²) in [6.07, 6.45) is 3.08. The summed E-state index contributed by atoms with van der Waals surface area (Å²) in [5, 5.41) is 0. The minimum absolute atomic E-state index is 0.382. The maximum absolute atomic E-state index is 5.52. The lowest BCUT2D eigenvalue weighted by Crippen LogP contribution is -2.39. The molecule has 0 amide bonds. The van der Waals surface area contributed by atoms with Crippen LogP contribution in [0.1, 0.15) is 27.7 Å². The fourth-order valence-corrected chi connectivity index (χ4v) is 1.80. The Morgan fingerprint density at radius 3 is 2.41 bits per heavy atom. The average molecular weight is 238 g/mol. The van der Waals surface area contributed by atoms with Crippen LogP contribution in [0, 0.1) is 0 Å². The van der Waals surface area contributed by atoms with Crippen molar-refractivity contribution < 1.29 is 4.74 Å². The molecule has 2 N–H and O–H groups in total. The first-order valence-electron chi connectivity index (χ1n) is 5.96. The lowest BCUT2D eigenvalue weighted by Gasteiger charge is -2.30. The van der Waals surface area contributed by atoms with Crippen molar-refractivity contribution in [2.24, 2.45) is 0 Å². The molecular formula is C12H22N4O. The molecule has 0 saturated heterocycles. The second kappa shape index (κ2) is 6.39. The molecular weight excluding hydrogens is 216 g/mol. The summed E-state index contributed by atoms with van der Waals surface area (Å²) >= 11 is 0. The van der Waals surface area contributed by atoms with E-state index in [9.17, 15) is 0 Å². The smallest absolute Gasteiger partial charge is 0.234 e. The van der Waals surface area contributed by atoms with Crippen molar-refractivity contribution in [3.63, 3.8) is 0 Å². The molecule has 5 nitrogen and oxygen atoms in total.